The minimum Gasteiger partial charge on any atom is -0.481 e. The average Bonchev–Trinajstić information content (AvgIpc) is 3.81. The molecule has 1 saturated heterocycles. The molecule has 2 aromatic carbocycles. The van der Waals surface area contributed by atoms with Gasteiger partial charge in [-0.25, -0.2) is 0 Å². The summed E-state index contributed by atoms with van der Waals surface area (Å²) < 4.78 is 0. The highest BCUT2D eigenvalue weighted by atomic mass is 16.4. The van der Waals surface area contributed by atoms with Crippen molar-refractivity contribution in [2.45, 2.75) is 45.1 Å². The van der Waals surface area contributed by atoms with Crippen molar-refractivity contribution < 1.29 is 24.3 Å². The average molecular weight is 519 g/mol. The lowest BCUT2D eigenvalue weighted by atomic mass is 10.0. The number of hydrogen-bond acceptors (Lipinski definition) is 5. The Kier molecular flexibility index (Phi) is 7.35. The molecule has 9 nitrogen and oxygen atoms in total. The second-order valence-corrected chi connectivity index (χ2v) is 10.6. The minimum atomic E-state index is -1.01. The van der Waals surface area contributed by atoms with Gasteiger partial charge in [-0.15, -0.1) is 0 Å². The Morgan fingerprint density at radius 3 is 2.18 bits per heavy atom. The van der Waals surface area contributed by atoms with Gasteiger partial charge in [0.05, 0.1) is 23.8 Å². The van der Waals surface area contributed by atoms with Crippen LogP contribution in [0.5, 0.6) is 0 Å². The Hall–Kier alpha value is -3.88. The van der Waals surface area contributed by atoms with Crippen molar-refractivity contribution in [3.05, 3.63) is 59.2 Å². The fourth-order valence-electron chi connectivity index (χ4n) is 4.86. The summed E-state index contributed by atoms with van der Waals surface area (Å²) in [5, 5.41) is 15.3. The minimum absolute atomic E-state index is 0.00479. The van der Waals surface area contributed by atoms with Crippen LogP contribution in [0.1, 0.15) is 59.6 Å². The fourth-order valence-corrected chi connectivity index (χ4v) is 4.86. The van der Waals surface area contributed by atoms with E-state index in [4.69, 9.17) is 0 Å². The van der Waals surface area contributed by atoms with Gasteiger partial charge in [-0.2, -0.15) is 0 Å². The molecule has 0 aromatic heterocycles. The standard InChI is InChI=1S/C29H34N4O5/c1-18-2-4-19(5-3-18)23(17-26(34)35)30-28(37)22-10-11-25(24(16-22)31-27(36)20-6-7-20)32-12-14-33(15-13-32)29(38)21-8-9-21/h2-5,10-11,16,20-21,23H,6-9,12-15,17H2,1H3,(H,30,37)(H,31,36)(H,34,35). The molecule has 2 aromatic rings. The first-order valence-electron chi connectivity index (χ1n) is 13.4. The van der Waals surface area contributed by atoms with Crippen molar-refractivity contribution in [1.29, 1.82) is 0 Å². The Labute approximate surface area is 222 Å². The zero-order chi connectivity index (χ0) is 26.8. The molecule has 2 saturated carbocycles. The number of carbonyl (C=O) groups excluding carboxylic acids is 3. The number of hydrogen-bond donors (Lipinski definition) is 3. The maximum Gasteiger partial charge on any atom is 0.305 e. The first-order chi connectivity index (χ1) is 18.3. The molecule has 200 valence electrons. The van der Waals surface area contributed by atoms with E-state index in [2.05, 4.69) is 15.5 Å². The van der Waals surface area contributed by atoms with Crippen molar-refractivity contribution in [3.63, 3.8) is 0 Å². The highest BCUT2D eigenvalue weighted by Gasteiger charge is 2.35. The first-order valence-corrected chi connectivity index (χ1v) is 13.4. The summed E-state index contributed by atoms with van der Waals surface area (Å²) in [7, 11) is 0. The maximum atomic E-state index is 13.3. The van der Waals surface area contributed by atoms with Gasteiger partial charge in [-0.05, 0) is 56.4 Å². The summed E-state index contributed by atoms with van der Waals surface area (Å²) in [5.74, 6) is -1.06. The SMILES string of the molecule is Cc1ccc(C(CC(=O)O)NC(=O)c2ccc(N3CCN(C(=O)C4CC4)CC3)c(NC(=O)C3CC3)c2)cc1. The molecule has 1 heterocycles. The number of carboxylic acids is 1. The molecule has 0 radical (unpaired) electrons. The molecule has 9 heteroatoms. The van der Waals surface area contributed by atoms with Crippen LogP contribution >= 0.6 is 0 Å². The summed E-state index contributed by atoms with van der Waals surface area (Å²) in [5.41, 5.74) is 3.46. The van der Waals surface area contributed by atoms with Gasteiger partial charge < -0.3 is 25.5 Å². The second kappa shape index (κ2) is 10.8. The molecule has 1 atom stereocenters. The monoisotopic (exact) mass is 518 g/mol. The van der Waals surface area contributed by atoms with Crippen molar-refractivity contribution in [2.75, 3.05) is 36.4 Å². The molecule has 3 fully saturated rings. The molecular weight excluding hydrogens is 484 g/mol. The lowest BCUT2D eigenvalue weighted by molar-refractivity contribution is -0.137. The predicted molar refractivity (Wildman–Crippen MR) is 143 cm³/mol. The fraction of sp³-hybridized carbons (Fsp3) is 0.448. The maximum absolute atomic E-state index is 13.3. The second-order valence-electron chi connectivity index (χ2n) is 10.6. The third-order valence-electron chi connectivity index (χ3n) is 7.49. The Morgan fingerprint density at radius 2 is 1.58 bits per heavy atom. The van der Waals surface area contributed by atoms with E-state index in [9.17, 15) is 24.3 Å². The number of nitrogens with zero attached hydrogens (tertiary/aromatic N) is 2. The highest BCUT2D eigenvalue weighted by Crippen LogP contribution is 2.35. The number of rotatable bonds is 9. The number of anilines is 2. The van der Waals surface area contributed by atoms with Crippen LogP contribution in [0.2, 0.25) is 0 Å². The summed E-state index contributed by atoms with van der Waals surface area (Å²) in [6, 6.07) is 11.9. The Bertz CT molecular complexity index is 1230. The largest absolute Gasteiger partial charge is 0.481 e. The highest BCUT2D eigenvalue weighted by molar-refractivity contribution is 6.01. The first kappa shape index (κ1) is 25.8. The van der Waals surface area contributed by atoms with Crippen LogP contribution in [0.3, 0.4) is 0 Å². The van der Waals surface area contributed by atoms with Gasteiger partial charge in [0.1, 0.15) is 0 Å². The number of carbonyl (C=O) groups is 4. The molecule has 3 N–H and O–H groups in total. The zero-order valence-corrected chi connectivity index (χ0v) is 21.6. The summed E-state index contributed by atoms with van der Waals surface area (Å²) >= 11 is 0. The van der Waals surface area contributed by atoms with Gasteiger partial charge in [0.2, 0.25) is 11.8 Å². The predicted octanol–water partition coefficient (Wildman–Crippen LogP) is 3.35. The van der Waals surface area contributed by atoms with E-state index in [0.29, 0.717) is 43.0 Å². The van der Waals surface area contributed by atoms with E-state index >= 15 is 0 Å². The lowest BCUT2D eigenvalue weighted by Crippen LogP contribution is -2.49. The molecule has 1 unspecified atom stereocenters. The molecule has 5 rings (SSSR count). The van der Waals surface area contributed by atoms with Crippen LogP contribution < -0.4 is 15.5 Å². The smallest absolute Gasteiger partial charge is 0.305 e. The van der Waals surface area contributed by atoms with E-state index in [-0.39, 0.29) is 30.1 Å². The molecule has 1 aliphatic heterocycles. The molecule has 0 bridgehead atoms. The van der Waals surface area contributed by atoms with Crippen LogP contribution in [-0.4, -0.2) is 59.9 Å². The molecule has 3 amide bonds. The van der Waals surface area contributed by atoms with Gasteiger partial charge in [-0.3, -0.25) is 19.2 Å². The Balaban J connectivity index is 1.34. The van der Waals surface area contributed by atoms with Crippen LogP contribution in [0.4, 0.5) is 11.4 Å². The molecule has 38 heavy (non-hydrogen) atoms. The van der Waals surface area contributed by atoms with Crippen molar-refractivity contribution >= 4 is 35.1 Å². The van der Waals surface area contributed by atoms with Crippen LogP contribution in [0, 0.1) is 18.8 Å². The van der Waals surface area contributed by atoms with Crippen molar-refractivity contribution in [1.82, 2.24) is 10.2 Å². The van der Waals surface area contributed by atoms with E-state index in [1.807, 2.05) is 42.2 Å². The quantitative estimate of drug-likeness (QED) is 0.469. The van der Waals surface area contributed by atoms with Gasteiger partial charge in [0, 0.05) is 43.6 Å². The van der Waals surface area contributed by atoms with Gasteiger partial charge in [0.25, 0.3) is 5.91 Å². The third-order valence-corrected chi connectivity index (χ3v) is 7.49. The third kappa shape index (κ3) is 6.15. The Morgan fingerprint density at radius 1 is 0.921 bits per heavy atom. The van der Waals surface area contributed by atoms with Crippen LogP contribution in [-0.2, 0) is 14.4 Å². The lowest BCUT2D eigenvalue weighted by Gasteiger charge is -2.37. The number of carboxylic acid groups (broad SMARTS) is 1. The normalized spacial score (nSPS) is 18.0. The molecule has 2 aliphatic carbocycles. The number of amides is 3. The zero-order valence-electron chi connectivity index (χ0n) is 21.6. The number of benzene rings is 2. The van der Waals surface area contributed by atoms with Gasteiger partial charge >= 0.3 is 5.97 Å². The van der Waals surface area contributed by atoms with Crippen LogP contribution in [0.25, 0.3) is 0 Å². The van der Waals surface area contributed by atoms with Crippen LogP contribution in [0.15, 0.2) is 42.5 Å². The van der Waals surface area contributed by atoms with Gasteiger partial charge in [-0.1, -0.05) is 29.8 Å². The van der Waals surface area contributed by atoms with Gasteiger partial charge in [0.15, 0.2) is 0 Å². The number of piperazine rings is 1. The number of aryl methyl sites for hydroxylation is 1. The number of aliphatic carboxylic acids is 1. The number of nitrogens with one attached hydrogen (secondary N) is 2. The van der Waals surface area contributed by atoms with E-state index in [0.717, 1.165) is 36.9 Å². The summed E-state index contributed by atoms with van der Waals surface area (Å²) in [6.45, 7) is 4.48. The molecular formula is C29H34N4O5. The topological polar surface area (TPSA) is 119 Å². The molecule has 0 spiro atoms. The van der Waals surface area contributed by atoms with E-state index in [1.165, 1.54) is 0 Å². The van der Waals surface area contributed by atoms with Crippen molar-refractivity contribution in [2.24, 2.45) is 11.8 Å². The van der Waals surface area contributed by atoms with E-state index < -0.39 is 17.9 Å². The summed E-state index contributed by atoms with van der Waals surface area (Å²) in [6.07, 6.45) is 3.43. The van der Waals surface area contributed by atoms with Crippen molar-refractivity contribution in [3.8, 4) is 0 Å². The van der Waals surface area contributed by atoms with E-state index in [1.54, 1.807) is 12.1 Å². The summed E-state index contributed by atoms with van der Waals surface area (Å²) in [4.78, 5) is 54.0. The molecule has 3 aliphatic rings.